The Kier molecular flexibility index (Phi) is 5.74. The standard InChI is InChI=1S/C16H24N2O/c1-13(19)10-11-17-15(18-16(2,3)4)12-14-8-6-5-7-9-14/h5-9H,10-12H2,1-4H3,(H,17,18). The Balaban J connectivity index is 2.71. The van der Waals surface area contributed by atoms with Crippen molar-refractivity contribution in [1.82, 2.24) is 5.32 Å². The molecule has 1 aromatic carbocycles. The lowest BCUT2D eigenvalue weighted by Gasteiger charge is -2.23. The van der Waals surface area contributed by atoms with Gasteiger partial charge in [-0.2, -0.15) is 0 Å². The molecule has 0 aromatic heterocycles. The molecule has 104 valence electrons. The minimum Gasteiger partial charge on any atom is -0.369 e. The fourth-order valence-corrected chi connectivity index (χ4v) is 1.71. The topological polar surface area (TPSA) is 41.5 Å². The van der Waals surface area contributed by atoms with E-state index < -0.39 is 0 Å². The number of rotatable bonds is 5. The molecule has 1 aromatic rings. The fourth-order valence-electron chi connectivity index (χ4n) is 1.71. The predicted molar refractivity (Wildman–Crippen MR) is 80.6 cm³/mol. The predicted octanol–water partition coefficient (Wildman–Crippen LogP) is 2.99. The molecule has 0 spiro atoms. The van der Waals surface area contributed by atoms with Gasteiger partial charge in [0, 0.05) is 24.9 Å². The van der Waals surface area contributed by atoms with Crippen LogP contribution in [0.15, 0.2) is 35.3 Å². The van der Waals surface area contributed by atoms with Crippen molar-refractivity contribution in [3.63, 3.8) is 0 Å². The van der Waals surface area contributed by atoms with E-state index in [-0.39, 0.29) is 11.3 Å². The summed E-state index contributed by atoms with van der Waals surface area (Å²) in [6.07, 6.45) is 1.28. The average molecular weight is 260 g/mol. The second kappa shape index (κ2) is 7.07. The van der Waals surface area contributed by atoms with E-state index >= 15 is 0 Å². The highest BCUT2D eigenvalue weighted by Gasteiger charge is 2.12. The second-order valence-electron chi connectivity index (χ2n) is 5.82. The maximum absolute atomic E-state index is 11.0. The van der Waals surface area contributed by atoms with Crippen molar-refractivity contribution >= 4 is 11.6 Å². The van der Waals surface area contributed by atoms with Crippen molar-refractivity contribution in [3.05, 3.63) is 35.9 Å². The summed E-state index contributed by atoms with van der Waals surface area (Å²) in [5, 5.41) is 3.42. The number of hydrogen-bond donors (Lipinski definition) is 1. The number of nitrogens with zero attached hydrogens (tertiary/aromatic N) is 1. The molecule has 0 fully saturated rings. The quantitative estimate of drug-likeness (QED) is 0.653. The molecular weight excluding hydrogens is 236 g/mol. The first-order chi connectivity index (χ1) is 8.87. The lowest BCUT2D eigenvalue weighted by molar-refractivity contribution is -0.116. The summed E-state index contributed by atoms with van der Waals surface area (Å²) in [6.45, 7) is 8.49. The van der Waals surface area contributed by atoms with Crippen molar-refractivity contribution in [1.29, 1.82) is 0 Å². The van der Waals surface area contributed by atoms with Crippen molar-refractivity contribution in [2.45, 2.75) is 46.1 Å². The first-order valence-corrected chi connectivity index (χ1v) is 6.72. The second-order valence-corrected chi connectivity index (χ2v) is 5.82. The van der Waals surface area contributed by atoms with Gasteiger partial charge in [0.05, 0.1) is 0 Å². The Morgan fingerprint density at radius 1 is 1.21 bits per heavy atom. The molecule has 1 rings (SSSR count). The molecule has 0 unspecified atom stereocenters. The number of aliphatic imine (C=N–C) groups is 1. The zero-order valence-electron chi connectivity index (χ0n) is 12.4. The summed E-state index contributed by atoms with van der Waals surface area (Å²) in [7, 11) is 0. The number of amidine groups is 1. The number of carbonyl (C=O) groups excluding carboxylic acids is 1. The van der Waals surface area contributed by atoms with E-state index in [1.54, 1.807) is 6.92 Å². The van der Waals surface area contributed by atoms with E-state index in [1.165, 1.54) is 5.56 Å². The summed E-state index contributed by atoms with van der Waals surface area (Å²) >= 11 is 0. The van der Waals surface area contributed by atoms with Crippen LogP contribution in [0, 0.1) is 0 Å². The lowest BCUT2D eigenvalue weighted by Crippen LogP contribution is -2.41. The number of Topliss-reactive ketones (excluding diaryl/α,β-unsaturated/α-hetero) is 1. The molecule has 0 bridgehead atoms. The van der Waals surface area contributed by atoms with Crippen LogP contribution >= 0.6 is 0 Å². The highest BCUT2D eigenvalue weighted by atomic mass is 16.1. The average Bonchev–Trinajstić information content (AvgIpc) is 2.27. The third kappa shape index (κ3) is 7.39. The third-order valence-corrected chi connectivity index (χ3v) is 2.50. The molecule has 19 heavy (non-hydrogen) atoms. The van der Waals surface area contributed by atoms with Crippen LogP contribution in [0.5, 0.6) is 0 Å². The molecule has 0 amide bonds. The highest BCUT2D eigenvalue weighted by molar-refractivity contribution is 5.85. The Morgan fingerprint density at radius 2 is 1.84 bits per heavy atom. The van der Waals surface area contributed by atoms with E-state index in [1.807, 2.05) is 18.2 Å². The van der Waals surface area contributed by atoms with Crippen molar-refractivity contribution in [2.75, 3.05) is 6.54 Å². The number of hydrogen-bond acceptors (Lipinski definition) is 2. The molecule has 0 heterocycles. The van der Waals surface area contributed by atoms with E-state index in [2.05, 4.69) is 43.2 Å². The minimum absolute atomic E-state index is 0.0240. The number of nitrogens with one attached hydrogen (secondary N) is 1. The van der Waals surface area contributed by atoms with Crippen LogP contribution in [-0.4, -0.2) is 23.7 Å². The monoisotopic (exact) mass is 260 g/mol. The summed E-state index contributed by atoms with van der Waals surface area (Å²) in [5.74, 6) is 1.12. The summed E-state index contributed by atoms with van der Waals surface area (Å²) in [6, 6.07) is 10.2. The summed E-state index contributed by atoms with van der Waals surface area (Å²) in [4.78, 5) is 15.5. The van der Waals surface area contributed by atoms with Gasteiger partial charge in [0.25, 0.3) is 0 Å². The smallest absolute Gasteiger partial charge is 0.131 e. The molecule has 0 aliphatic rings. The van der Waals surface area contributed by atoms with E-state index in [4.69, 9.17) is 0 Å². The zero-order chi connectivity index (χ0) is 14.3. The molecule has 0 aliphatic carbocycles. The first-order valence-electron chi connectivity index (χ1n) is 6.72. The lowest BCUT2D eigenvalue weighted by atomic mass is 10.1. The molecular formula is C16H24N2O. The van der Waals surface area contributed by atoms with Crippen LogP contribution in [0.25, 0.3) is 0 Å². The Hall–Kier alpha value is -1.64. The molecule has 1 N–H and O–H groups in total. The van der Waals surface area contributed by atoms with Gasteiger partial charge in [-0.15, -0.1) is 0 Å². The van der Waals surface area contributed by atoms with Gasteiger partial charge in [-0.05, 0) is 33.3 Å². The Labute approximate surface area is 116 Å². The van der Waals surface area contributed by atoms with Crippen LogP contribution in [0.1, 0.15) is 39.7 Å². The van der Waals surface area contributed by atoms with Crippen molar-refractivity contribution < 1.29 is 4.79 Å². The van der Waals surface area contributed by atoms with Gasteiger partial charge in [0.2, 0.25) is 0 Å². The number of carbonyl (C=O) groups is 1. The van der Waals surface area contributed by atoms with Crippen LogP contribution < -0.4 is 5.32 Å². The SMILES string of the molecule is CC(=O)CCN=C(Cc1ccccc1)NC(C)(C)C. The van der Waals surface area contributed by atoms with E-state index in [9.17, 15) is 4.79 Å². The fraction of sp³-hybridized carbons (Fsp3) is 0.500. The Bertz CT molecular complexity index is 430. The highest BCUT2D eigenvalue weighted by Crippen LogP contribution is 2.05. The third-order valence-electron chi connectivity index (χ3n) is 2.50. The van der Waals surface area contributed by atoms with Crippen LogP contribution in [0.4, 0.5) is 0 Å². The molecule has 0 saturated carbocycles. The van der Waals surface area contributed by atoms with Crippen LogP contribution in [0.3, 0.4) is 0 Å². The first kappa shape index (κ1) is 15.4. The van der Waals surface area contributed by atoms with Crippen molar-refractivity contribution in [2.24, 2.45) is 4.99 Å². The minimum atomic E-state index is -0.0240. The maximum atomic E-state index is 11.0. The molecule has 0 aliphatic heterocycles. The molecule has 3 nitrogen and oxygen atoms in total. The Morgan fingerprint density at radius 3 is 2.37 bits per heavy atom. The summed E-state index contributed by atoms with van der Waals surface area (Å²) < 4.78 is 0. The molecule has 0 saturated heterocycles. The summed E-state index contributed by atoms with van der Waals surface area (Å²) in [5.41, 5.74) is 1.20. The van der Waals surface area contributed by atoms with Gasteiger partial charge in [-0.1, -0.05) is 30.3 Å². The number of benzene rings is 1. The van der Waals surface area contributed by atoms with Crippen LogP contribution in [-0.2, 0) is 11.2 Å². The van der Waals surface area contributed by atoms with E-state index in [0.29, 0.717) is 13.0 Å². The maximum Gasteiger partial charge on any atom is 0.131 e. The van der Waals surface area contributed by atoms with Crippen LogP contribution in [0.2, 0.25) is 0 Å². The van der Waals surface area contributed by atoms with Gasteiger partial charge in [0.1, 0.15) is 11.6 Å². The van der Waals surface area contributed by atoms with Crippen molar-refractivity contribution in [3.8, 4) is 0 Å². The molecule has 3 heteroatoms. The molecule has 0 radical (unpaired) electrons. The van der Waals surface area contributed by atoms with Gasteiger partial charge in [0.15, 0.2) is 0 Å². The van der Waals surface area contributed by atoms with Gasteiger partial charge in [-0.3, -0.25) is 9.79 Å². The van der Waals surface area contributed by atoms with Gasteiger partial charge < -0.3 is 5.32 Å². The molecule has 0 atom stereocenters. The normalized spacial score (nSPS) is 12.3. The van der Waals surface area contributed by atoms with E-state index in [0.717, 1.165) is 12.3 Å². The number of ketones is 1. The largest absolute Gasteiger partial charge is 0.369 e. The van der Waals surface area contributed by atoms with Gasteiger partial charge >= 0.3 is 0 Å². The zero-order valence-corrected chi connectivity index (χ0v) is 12.4. The van der Waals surface area contributed by atoms with Gasteiger partial charge in [-0.25, -0.2) is 0 Å².